The molecule has 3 aromatic rings. The Morgan fingerprint density at radius 2 is 2.14 bits per heavy atom. The van der Waals surface area contributed by atoms with Gasteiger partial charge in [-0.3, -0.25) is 4.79 Å². The predicted molar refractivity (Wildman–Crippen MR) is 124 cm³/mol. The molecule has 1 amide bonds. The zero-order valence-corrected chi connectivity index (χ0v) is 19.5. The Bertz CT molecular complexity index is 1030. The molecule has 3 heterocycles. The Morgan fingerprint density at radius 3 is 2.90 bits per heavy atom. The van der Waals surface area contributed by atoms with E-state index in [2.05, 4.69) is 43.0 Å². The summed E-state index contributed by atoms with van der Waals surface area (Å²) in [5.41, 5.74) is 2.62. The maximum Gasteiger partial charge on any atom is 0.234 e. The molecule has 0 spiro atoms. The van der Waals surface area contributed by atoms with Gasteiger partial charge in [0, 0.05) is 17.6 Å². The van der Waals surface area contributed by atoms with E-state index in [1.54, 1.807) is 11.3 Å². The van der Waals surface area contributed by atoms with Gasteiger partial charge in [-0.15, -0.1) is 0 Å². The molecule has 1 saturated heterocycles. The molecule has 29 heavy (non-hydrogen) atoms. The van der Waals surface area contributed by atoms with Crippen LogP contribution in [-0.4, -0.2) is 39.7 Å². The lowest BCUT2D eigenvalue weighted by Gasteiger charge is -2.29. The van der Waals surface area contributed by atoms with E-state index in [1.807, 2.05) is 25.1 Å². The number of fused-ring (bicyclic) bond motifs is 1. The summed E-state index contributed by atoms with van der Waals surface area (Å²) in [5, 5.41) is 4.76. The normalized spacial score (nSPS) is 15.1. The standard InChI is InChI=1S/C20H22BrN5OS2/c1-12-5-7-26(8-6-12)20-25-18-17(29-20)19(23-11-22-18)28-10-16(27)24-15-4-3-13(2)9-14(15)21/h3-4,9,11-12H,5-8,10H2,1-2H3,(H,24,27). The Labute approximate surface area is 186 Å². The van der Waals surface area contributed by atoms with Crippen molar-refractivity contribution >= 4 is 66.1 Å². The maximum atomic E-state index is 12.4. The lowest BCUT2D eigenvalue weighted by molar-refractivity contribution is -0.113. The monoisotopic (exact) mass is 491 g/mol. The molecular formula is C20H22BrN5OS2. The van der Waals surface area contributed by atoms with Gasteiger partial charge in [-0.05, 0) is 59.3 Å². The van der Waals surface area contributed by atoms with E-state index in [4.69, 9.17) is 4.98 Å². The number of hydrogen-bond acceptors (Lipinski definition) is 7. The number of amides is 1. The molecule has 0 aliphatic carbocycles. The summed E-state index contributed by atoms with van der Waals surface area (Å²) in [6, 6.07) is 5.86. The number of thioether (sulfide) groups is 1. The van der Waals surface area contributed by atoms with Gasteiger partial charge in [-0.25, -0.2) is 9.97 Å². The second kappa shape index (κ2) is 8.97. The molecule has 0 atom stereocenters. The molecule has 0 saturated carbocycles. The van der Waals surface area contributed by atoms with Gasteiger partial charge in [-0.1, -0.05) is 36.1 Å². The second-order valence-corrected chi connectivity index (χ2v) is 10.1. The molecule has 9 heteroatoms. The maximum absolute atomic E-state index is 12.4. The second-order valence-electron chi connectivity index (χ2n) is 7.32. The van der Waals surface area contributed by atoms with E-state index in [0.29, 0.717) is 5.65 Å². The summed E-state index contributed by atoms with van der Waals surface area (Å²) >= 11 is 6.54. The van der Waals surface area contributed by atoms with E-state index in [-0.39, 0.29) is 11.7 Å². The zero-order chi connectivity index (χ0) is 20.4. The molecule has 1 fully saturated rings. The van der Waals surface area contributed by atoms with E-state index in [1.165, 1.54) is 30.9 Å². The van der Waals surface area contributed by atoms with Crippen LogP contribution in [0.15, 0.2) is 34.0 Å². The molecule has 1 N–H and O–H groups in total. The third-order valence-corrected chi connectivity index (χ3v) is 7.83. The number of carbonyl (C=O) groups excluding carboxylic acids is 1. The van der Waals surface area contributed by atoms with Gasteiger partial charge in [0.05, 0.1) is 11.4 Å². The van der Waals surface area contributed by atoms with Crippen LogP contribution in [0.1, 0.15) is 25.3 Å². The molecule has 0 bridgehead atoms. The van der Waals surface area contributed by atoms with Crippen LogP contribution >= 0.6 is 39.0 Å². The number of nitrogens with zero attached hydrogens (tertiary/aromatic N) is 4. The van der Waals surface area contributed by atoms with Crippen LogP contribution in [0.5, 0.6) is 0 Å². The van der Waals surface area contributed by atoms with Crippen molar-refractivity contribution in [3.05, 3.63) is 34.6 Å². The number of benzene rings is 1. The van der Waals surface area contributed by atoms with Crippen molar-refractivity contribution in [2.75, 3.05) is 29.1 Å². The fraction of sp³-hybridized carbons (Fsp3) is 0.400. The number of aromatic nitrogens is 3. The van der Waals surface area contributed by atoms with Crippen LogP contribution in [0.25, 0.3) is 10.3 Å². The summed E-state index contributed by atoms with van der Waals surface area (Å²) in [5.74, 6) is 0.987. The molecule has 1 aliphatic rings. The summed E-state index contributed by atoms with van der Waals surface area (Å²) in [6.07, 6.45) is 3.91. The van der Waals surface area contributed by atoms with Gasteiger partial charge in [0.1, 0.15) is 16.1 Å². The van der Waals surface area contributed by atoms with Crippen molar-refractivity contribution in [2.45, 2.75) is 31.7 Å². The minimum atomic E-state index is -0.0685. The summed E-state index contributed by atoms with van der Waals surface area (Å²) in [6.45, 7) is 6.38. The van der Waals surface area contributed by atoms with Crippen molar-refractivity contribution in [1.29, 1.82) is 0 Å². The quantitative estimate of drug-likeness (QED) is 0.394. The fourth-order valence-corrected chi connectivity index (χ4v) is 5.74. The summed E-state index contributed by atoms with van der Waals surface area (Å²) < 4.78 is 1.83. The van der Waals surface area contributed by atoms with Gasteiger partial charge in [0.25, 0.3) is 0 Å². The molecule has 2 aromatic heterocycles. The lowest BCUT2D eigenvalue weighted by atomic mass is 10.00. The van der Waals surface area contributed by atoms with Crippen LogP contribution < -0.4 is 10.2 Å². The number of carbonyl (C=O) groups is 1. The topological polar surface area (TPSA) is 71.0 Å². The highest BCUT2D eigenvalue weighted by atomic mass is 79.9. The minimum Gasteiger partial charge on any atom is -0.348 e. The van der Waals surface area contributed by atoms with Crippen LogP contribution in [0.2, 0.25) is 0 Å². The van der Waals surface area contributed by atoms with Crippen LogP contribution in [-0.2, 0) is 4.79 Å². The summed E-state index contributed by atoms with van der Waals surface area (Å²) in [7, 11) is 0. The molecule has 0 unspecified atom stereocenters. The number of aryl methyl sites for hydroxylation is 1. The molecule has 152 valence electrons. The predicted octanol–water partition coefficient (Wildman–Crippen LogP) is 5.12. The van der Waals surface area contributed by atoms with E-state index < -0.39 is 0 Å². The van der Waals surface area contributed by atoms with Gasteiger partial charge < -0.3 is 10.2 Å². The summed E-state index contributed by atoms with van der Waals surface area (Å²) in [4.78, 5) is 28.2. The van der Waals surface area contributed by atoms with E-state index >= 15 is 0 Å². The molecule has 4 rings (SSSR count). The van der Waals surface area contributed by atoms with Crippen LogP contribution in [0, 0.1) is 12.8 Å². The van der Waals surface area contributed by atoms with E-state index in [9.17, 15) is 4.79 Å². The number of rotatable bonds is 5. The molecule has 6 nitrogen and oxygen atoms in total. The van der Waals surface area contributed by atoms with Crippen LogP contribution in [0.3, 0.4) is 0 Å². The molecule has 1 aliphatic heterocycles. The first kappa shape index (κ1) is 20.6. The fourth-order valence-electron chi connectivity index (χ4n) is 3.20. The Kier molecular flexibility index (Phi) is 6.36. The molecular weight excluding hydrogens is 470 g/mol. The van der Waals surface area contributed by atoms with Gasteiger partial charge in [0.2, 0.25) is 5.91 Å². The largest absolute Gasteiger partial charge is 0.348 e. The van der Waals surface area contributed by atoms with Crippen molar-refractivity contribution in [2.24, 2.45) is 5.92 Å². The third kappa shape index (κ3) is 4.90. The van der Waals surface area contributed by atoms with Crippen molar-refractivity contribution in [3.8, 4) is 0 Å². The van der Waals surface area contributed by atoms with Crippen molar-refractivity contribution in [3.63, 3.8) is 0 Å². The number of hydrogen-bond donors (Lipinski definition) is 1. The van der Waals surface area contributed by atoms with Crippen molar-refractivity contribution in [1.82, 2.24) is 15.0 Å². The molecule has 1 aromatic carbocycles. The average Bonchev–Trinajstić information content (AvgIpc) is 3.14. The third-order valence-electron chi connectivity index (χ3n) is 4.94. The number of halogens is 1. The Balaban J connectivity index is 1.44. The highest BCUT2D eigenvalue weighted by Crippen LogP contribution is 2.35. The first-order valence-corrected chi connectivity index (χ1v) is 12.1. The number of anilines is 2. The highest BCUT2D eigenvalue weighted by molar-refractivity contribution is 9.10. The molecule has 0 radical (unpaired) electrons. The van der Waals surface area contributed by atoms with E-state index in [0.717, 1.165) is 49.6 Å². The van der Waals surface area contributed by atoms with Gasteiger partial charge in [0.15, 0.2) is 10.8 Å². The Hall–Kier alpha value is -1.71. The number of thiazole rings is 1. The first-order valence-electron chi connectivity index (χ1n) is 9.55. The zero-order valence-electron chi connectivity index (χ0n) is 16.3. The smallest absolute Gasteiger partial charge is 0.234 e. The lowest BCUT2D eigenvalue weighted by Crippen LogP contribution is -2.32. The number of piperidine rings is 1. The van der Waals surface area contributed by atoms with Gasteiger partial charge in [-0.2, -0.15) is 4.98 Å². The first-order chi connectivity index (χ1) is 14.0. The highest BCUT2D eigenvalue weighted by Gasteiger charge is 2.21. The van der Waals surface area contributed by atoms with Crippen molar-refractivity contribution < 1.29 is 4.79 Å². The Morgan fingerprint density at radius 1 is 1.34 bits per heavy atom. The van der Waals surface area contributed by atoms with Gasteiger partial charge >= 0.3 is 0 Å². The average molecular weight is 492 g/mol. The SMILES string of the molecule is Cc1ccc(NC(=O)CSc2ncnc3nc(N4CCC(C)CC4)sc23)c(Br)c1. The number of nitrogens with one attached hydrogen (secondary N) is 1. The minimum absolute atomic E-state index is 0.0685. The van der Waals surface area contributed by atoms with Crippen LogP contribution in [0.4, 0.5) is 10.8 Å².